The van der Waals surface area contributed by atoms with Gasteiger partial charge in [-0.1, -0.05) is 19.8 Å². The highest BCUT2D eigenvalue weighted by atomic mass is 16.2. The minimum Gasteiger partial charge on any atom is -0.353 e. The predicted octanol–water partition coefficient (Wildman–Crippen LogP) is 0.829. The maximum atomic E-state index is 12.2. The third-order valence-electron chi connectivity index (χ3n) is 4.79. The summed E-state index contributed by atoms with van der Waals surface area (Å²) in [6.07, 6.45) is 3.57. The number of amides is 4. The number of hydrogen-bond acceptors (Lipinski definition) is 5. The van der Waals surface area contributed by atoms with Crippen LogP contribution in [0.3, 0.4) is 0 Å². The van der Waals surface area contributed by atoms with E-state index in [9.17, 15) is 19.2 Å². The molecule has 1 heterocycles. The Morgan fingerprint density at radius 3 is 2.47 bits per heavy atom. The summed E-state index contributed by atoms with van der Waals surface area (Å²) in [5.74, 6) is -0.722. The molecule has 0 aromatic heterocycles. The first kappa shape index (κ1) is 23.3. The second kappa shape index (κ2) is 11.9. The molecule has 1 aromatic carbocycles. The van der Waals surface area contributed by atoms with Gasteiger partial charge in [0.2, 0.25) is 17.7 Å². The average Bonchev–Trinajstić information content (AvgIpc) is 2.71. The molecule has 0 spiro atoms. The Morgan fingerprint density at radius 1 is 1.13 bits per heavy atom. The van der Waals surface area contributed by atoms with Crippen molar-refractivity contribution in [3.8, 4) is 0 Å². The first-order chi connectivity index (χ1) is 14.4. The van der Waals surface area contributed by atoms with Crippen LogP contribution < -0.4 is 21.3 Å². The molecule has 0 radical (unpaired) electrons. The van der Waals surface area contributed by atoms with Gasteiger partial charge in [0.15, 0.2) is 0 Å². The fourth-order valence-electron chi connectivity index (χ4n) is 3.16. The number of unbranched alkanes of at least 4 members (excludes halogenated alkanes) is 1. The molecular weight excluding hydrogens is 386 g/mol. The summed E-state index contributed by atoms with van der Waals surface area (Å²) in [7, 11) is 0. The van der Waals surface area contributed by atoms with E-state index in [-0.39, 0.29) is 49.3 Å². The van der Waals surface area contributed by atoms with Crippen LogP contribution in [-0.2, 0) is 14.4 Å². The summed E-state index contributed by atoms with van der Waals surface area (Å²) in [6, 6.07) is 6.71. The van der Waals surface area contributed by atoms with E-state index in [0.29, 0.717) is 24.3 Å². The quantitative estimate of drug-likeness (QED) is 0.421. The number of carbonyl (C=O) groups excluding carboxylic acids is 4. The van der Waals surface area contributed by atoms with Gasteiger partial charge in [-0.3, -0.25) is 24.5 Å². The average molecular weight is 418 g/mol. The highest BCUT2D eigenvalue weighted by molar-refractivity contribution is 5.95. The minimum absolute atomic E-state index is 0.00485. The van der Waals surface area contributed by atoms with Crippen molar-refractivity contribution >= 4 is 29.3 Å². The highest BCUT2D eigenvalue weighted by Crippen LogP contribution is 2.11. The van der Waals surface area contributed by atoms with Crippen molar-refractivity contribution in [3.05, 3.63) is 29.8 Å². The van der Waals surface area contributed by atoms with Gasteiger partial charge < -0.3 is 20.9 Å². The molecule has 9 heteroatoms. The van der Waals surface area contributed by atoms with Gasteiger partial charge >= 0.3 is 0 Å². The van der Waals surface area contributed by atoms with Crippen molar-refractivity contribution in [1.82, 2.24) is 20.9 Å². The molecule has 1 atom stereocenters. The second-order valence-corrected chi connectivity index (χ2v) is 7.36. The second-order valence-electron chi connectivity index (χ2n) is 7.36. The van der Waals surface area contributed by atoms with E-state index in [1.165, 1.54) is 11.8 Å². The highest BCUT2D eigenvalue weighted by Gasteiger charge is 2.26. The van der Waals surface area contributed by atoms with Crippen LogP contribution in [0.4, 0.5) is 5.69 Å². The molecule has 1 aliphatic rings. The van der Waals surface area contributed by atoms with Crippen molar-refractivity contribution in [2.75, 3.05) is 31.6 Å². The summed E-state index contributed by atoms with van der Waals surface area (Å²) < 4.78 is 0. The Labute approximate surface area is 177 Å². The lowest BCUT2D eigenvalue weighted by atomic mass is 10.0. The van der Waals surface area contributed by atoms with E-state index in [2.05, 4.69) is 28.2 Å². The van der Waals surface area contributed by atoms with Gasteiger partial charge in [0, 0.05) is 43.7 Å². The van der Waals surface area contributed by atoms with Crippen LogP contribution in [0.2, 0.25) is 0 Å². The number of hydrogen-bond donors (Lipinski definition) is 4. The Balaban J connectivity index is 1.64. The zero-order valence-corrected chi connectivity index (χ0v) is 17.6. The van der Waals surface area contributed by atoms with Gasteiger partial charge in [-0.05, 0) is 30.7 Å². The zero-order chi connectivity index (χ0) is 21.9. The smallest absolute Gasteiger partial charge is 0.251 e. The number of rotatable bonds is 10. The van der Waals surface area contributed by atoms with Gasteiger partial charge in [0.05, 0.1) is 6.67 Å². The van der Waals surface area contributed by atoms with E-state index < -0.39 is 0 Å². The third kappa shape index (κ3) is 7.82. The van der Waals surface area contributed by atoms with E-state index >= 15 is 0 Å². The Kier molecular flexibility index (Phi) is 9.27. The molecule has 1 fully saturated rings. The molecule has 164 valence electrons. The summed E-state index contributed by atoms with van der Waals surface area (Å²) in [5.41, 5.74) is 1.07. The van der Waals surface area contributed by atoms with Gasteiger partial charge in [-0.15, -0.1) is 0 Å². The summed E-state index contributed by atoms with van der Waals surface area (Å²) in [4.78, 5) is 48.9. The van der Waals surface area contributed by atoms with Crippen LogP contribution in [0.1, 0.15) is 49.9 Å². The molecule has 0 bridgehead atoms. The minimum atomic E-state index is -0.271. The van der Waals surface area contributed by atoms with Crippen LogP contribution in [0.25, 0.3) is 0 Å². The standard InChI is InChI=1S/C21H31N5O4/c1-3-4-5-18-12-20(29)26(14-24-18)13-19(28)22-10-11-23-21(30)16-6-8-17(9-7-16)25-15(2)27/h6-9,18,24H,3-5,10-14H2,1-2H3,(H,22,28)(H,23,30)(H,25,27). The molecule has 9 nitrogen and oxygen atoms in total. The van der Waals surface area contributed by atoms with E-state index in [4.69, 9.17) is 0 Å². The molecule has 0 aliphatic carbocycles. The lowest BCUT2D eigenvalue weighted by Gasteiger charge is -2.32. The third-order valence-corrected chi connectivity index (χ3v) is 4.79. The lowest BCUT2D eigenvalue weighted by Crippen LogP contribution is -2.53. The molecule has 1 unspecified atom stereocenters. The summed E-state index contributed by atoms with van der Waals surface area (Å²) in [6.45, 7) is 4.45. The Bertz CT molecular complexity index is 750. The normalized spacial score (nSPS) is 16.1. The largest absolute Gasteiger partial charge is 0.353 e. The van der Waals surface area contributed by atoms with Crippen molar-refractivity contribution in [2.45, 2.75) is 45.6 Å². The monoisotopic (exact) mass is 417 g/mol. The SMILES string of the molecule is CCCCC1CC(=O)N(CC(=O)NCCNC(=O)c2ccc(NC(C)=O)cc2)CN1. The number of carbonyl (C=O) groups is 4. The summed E-state index contributed by atoms with van der Waals surface area (Å²) >= 11 is 0. The van der Waals surface area contributed by atoms with Crippen molar-refractivity contribution in [1.29, 1.82) is 0 Å². The maximum Gasteiger partial charge on any atom is 0.251 e. The van der Waals surface area contributed by atoms with Gasteiger partial charge in [-0.2, -0.15) is 0 Å². The fraction of sp³-hybridized carbons (Fsp3) is 0.524. The van der Waals surface area contributed by atoms with E-state index in [1.807, 2.05) is 0 Å². The van der Waals surface area contributed by atoms with Gasteiger partial charge in [0.1, 0.15) is 6.54 Å². The van der Waals surface area contributed by atoms with E-state index in [0.717, 1.165) is 19.3 Å². The molecule has 1 aliphatic heterocycles. The lowest BCUT2D eigenvalue weighted by molar-refractivity contribution is -0.139. The van der Waals surface area contributed by atoms with Crippen LogP contribution in [0.5, 0.6) is 0 Å². The predicted molar refractivity (Wildman–Crippen MR) is 114 cm³/mol. The molecule has 4 amide bonds. The first-order valence-electron chi connectivity index (χ1n) is 10.3. The number of nitrogens with one attached hydrogen (secondary N) is 4. The topological polar surface area (TPSA) is 120 Å². The number of anilines is 1. The maximum absolute atomic E-state index is 12.2. The first-order valence-corrected chi connectivity index (χ1v) is 10.3. The molecule has 4 N–H and O–H groups in total. The molecule has 30 heavy (non-hydrogen) atoms. The molecular formula is C21H31N5O4. The molecule has 2 rings (SSSR count). The fourth-order valence-corrected chi connectivity index (χ4v) is 3.16. The zero-order valence-electron chi connectivity index (χ0n) is 17.6. The number of nitrogens with zero attached hydrogens (tertiary/aromatic N) is 1. The Morgan fingerprint density at radius 2 is 1.83 bits per heavy atom. The van der Waals surface area contributed by atoms with Crippen LogP contribution in [-0.4, -0.2) is 60.9 Å². The van der Waals surface area contributed by atoms with Crippen molar-refractivity contribution in [3.63, 3.8) is 0 Å². The number of benzene rings is 1. The van der Waals surface area contributed by atoms with Crippen molar-refractivity contribution < 1.29 is 19.2 Å². The van der Waals surface area contributed by atoms with Gasteiger partial charge in [0.25, 0.3) is 5.91 Å². The van der Waals surface area contributed by atoms with Crippen LogP contribution in [0, 0.1) is 0 Å². The molecule has 0 saturated carbocycles. The van der Waals surface area contributed by atoms with Crippen LogP contribution in [0.15, 0.2) is 24.3 Å². The van der Waals surface area contributed by atoms with Crippen LogP contribution >= 0.6 is 0 Å². The van der Waals surface area contributed by atoms with E-state index in [1.54, 1.807) is 24.3 Å². The van der Waals surface area contributed by atoms with Crippen molar-refractivity contribution in [2.24, 2.45) is 0 Å². The Hall–Kier alpha value is -2.94. The molecule has 1 saturated heterocycles. The summed E-state index contributed by atoms with van der Waals surface area (Å²) in [5, 5.41) is 11.4. The van der Waals surface area contributed by atoms with Gasteiger partial charge in [-0.25, -0.2) is 0 Å². The molecule has 1 aromatic rings.